The van der Waals surface area contributed by atoms with E-state index in [0.29, 0.717) is 0 Å². The first kappa shape index (κ1) is 13.6. The topological polar surface area (TPSA) is 38.3 Å². The highest BCUT2D eigenvalue weighted by Gasteiger charge is 2.37. The van der Waals surface area contributed by atoms with Crippen LogP contribution >= 0.6 is 0 Å². The number of carbonyl (C=O) groups is 1. The van der Waals surface area contributed by atoms with Crippen LogP contribution in [0.1, 0.15) is 19.4 Å². The van der Waals surface area contributed by atoms with Crippen molar-refractivity contribution in [3.63, 3.8) is 0 Å². The standard InChI is InChI=1S/C12H15F2NO2/c1-4-17-11(16)12(2,15-3)9-6-5-8(13)7-10(9)14/h5-7,15H,4H2,1-3H3. The molecule has 5 heteroatoms. The van der Waals surface area contributed by atoms with E-state index < -0.39 is 23.1 Å². The van der Waals surface area contributed by atoms with E-state index in [1.807, 2.05) is 0 Å². The molecule has 1 aromatic rings. The number of rotatable bonds is 4. The molecule has 0 saturated heterocycles. The molecule has 1 unspecified atom stereocenters. The molecule has 94 valence electrons. The van der Waals surface area contributed by atoms with Crippen LogP contribution < -0.4 is 5.32 Å². The molecule has 1 rings (SSSR count). The van der Waals surface area contributed by atoms with Gasteiger partial charge in [-0.1, -0.05) is 6.07 Å². The molecule has 0 saturated carbocycles. The van der Waals surface area contributed by atoms with E-state index >= 15 is 0 Å². The summed E-state index contributed by atoms with van der Waals surface area (Å²) < 4.78 is 31.3. The lowest BCUT2D eigenvalue weighted by molar-refractivity contribution is -0.150. The van der Waals surface area contributed by atoms with Crippen LogP contribution in [-0.4, -0.2) is 19.6 Å². The minimum Gasteiger partial charge on any atom is -0.464 e. The highest BCUT2D eigenvalue weighted by Crippen LogP contribution is 2.25. The summed E-state index contributed by atoms with van der Waals surface area (Å²) in [5.74, 6) is -2.07. The van der Waals surface area contributed by atoms with Gasteiger partial charge < -0.3 is 10.1 Å². The molecule has 1 aromatic carbocycles. The van der Waals surface area contributed by atoms with Gasteiger partial charge in [0.25, 0.3) is 0 Å². The molecule has 1 N–H and O–H groups in total. The summed E-state index contributed by atoms with van der Waals surface area (Å²) in [5.41, 5.74) is -1.27. The van der Waals surface area contributed by atoms with Crippen molar-refractivity contribution in [1.82, 2.24) is 5.32 Å². The van der Waals surface area contributed by atoms with Crippen molar-refractivity contribution < 1.29 is 18.3 Å². The zero-order valence-corrected chi connectivity index (χ0v) is 10.0. The van der Waals surface area contributed by atoms with E-state index in [4.69, 9.17) is 4.74 Å². The number of likely N-dealkylation sites (N-methyl/N-ethyl adjacent to an activating group) is 1. The lowest BCUT2D eigenvalue weighted by Crippen LogP contribution is -2.46. The molecular weight excluding hydrogens is 228 g/mol. The van der Waals surface area contributed by atoms with Gasteiger partial charge >= 0.3 is 5.97 Å². The maximum atomic E-state index is 13.6. The Morgan fingerprint density at radius 3 is 2.59 bits per heavy atom. The Labute approximate surface area is 98.8 Å². The SMILES string of the molecule is CCOC(=O)C(C)(NC)c1ccc(F)cc1F. The Kier molecular flexibility index (Phi) is 4.17. The van der Waals surface area contributed by atoms with Crippen molar-refractivity contribution in [3.05, 3.63) is 35.4 Å². The Morgan fingerprint density at radius 2 is 2.12 bits per heavy atom. The lowest BCUT2D eigenvalue weighted by Gasteiger charge is -2.27. The average molecular weight is 243 g/mol. The van der Waals surface area contributed by atoms with E-state index in [2.05, 4.69) is 5.32 Å². The maximum Gasteiger partial charge on any atom is 0.330 e. The van der Waals surface area contributed by atoms with Gasteiger partial charge in [-0.05, 0) is 27.0 Å². The summed E-state index contributed by atoms with van der Waals surface area (Å²) in [6.07, 6.45) is 0. The van der Waals surface area contributed by atoms with E-state index in [9.17, 15) is 13.6 Å². The van der Waals surface area contributed by atoms with Gasteiger partial charge in [-0.2, -0.15) is 0 Å². The quantitative estimate of drug-likeness (QED) is 0.821. The predicted octanol–water partition coefficient (Wildman–Crippen LogP) is 1.96. The van der Waals surface area contributed by atoms with Crippen LogP contribution in [0.5, 0.6) is 0 Å². The molecule has 0 aliphatic rings. The lowest BCUT2D eigenvalue weighted by atomic mass is 9.91. The van der Waals surface area contributed by atoms with Crippen LogP contribution in [0.3, 0.4) is 0 Å². The fourth-order valence-electron chi connectivity index (χ4n) is 1.52. The highest BCUT2D eigenvalue weighted by molar-refractivity contribution is 5.82. The Morgan fingerprint density at radius 1 is 1.47 bits per heavy atom. The van der Waals surface area contributed by atoms with Gasteiger partial charge in [-0.25, -0.2) is 13.6 Å². The van der Waals surface area contributed by atoms with Crippen molar-refractivity contribution in [2.45, 2.75) is 19.4 Å². The van der Waals surface area contributed by atoms with Crippen LogP contribution in [-0.2, 0) is 15.1 Å². The highest BCUT2D eigenvalue weighted by atomic mass is 19.1. The van der Waals surface area contributed by atoms with Crippen molar-refractivity contribution in [2.24, 2.45) is 0 Å². The van der Waals surface area contributed by atoms with E-state index in [-0.39, 0.29) is 12.2 Å². The van der Waals surface area contributed by atoms with Crippen LogP contribution in [0, 0.1) is 11.6 Å². The number of benzene rings is 1. The number of halogens is 2. The fourth-order valence-corrected chi connectivity index (χ4v) is 1.52. The molecule has 1 atom stereocenters. The third-order valence-corrected chi connectivity index (χ3v) is 2.65. The molecule has 17 heavy (non-hydrogen) atoms. The van der Waals surface area contributed by atoms with Gasteiger partial charge in [0.15, 0.2) is 0 Å². The predicted molar refractivity (Wildman–Crippen MR) is 59.4 cm³/mol. The molecule has 0 aliphatic carbocycles. The molecule has 0 amide bonds. The van der Waals surface area contributed by atoms with Crippen molar-refractivity contribution >= 4 is 5.97 Å². The molecule has 0 aromatic heterocycles. The molecule has 0 radical (unpaired) electrons. The molecule has 0 spiro atoms. The summed E-state index contributed by atoms with van der Waals surface area (Å²) in [6.45, 7) is 3.34. The number of hydrogen-bond acceptors (Lipinski definition) is 3. The Hall–Kier alpha value is -1.49. The summed E-state index contributed by atoms with van der Waals surface area (Å²) in [6, 6.07) is 3.08. The maximum absolute atomic E-state index is 13.6. The van der Waals surface area contributed by atoms with E-state index in [1.54, 1.807) is 6.92 Å². The number of ether oxygens (including phenoxy) is 1. The average Bonchev–Trinajstić information content (AvgIpc) is 2.28. The van der Waals surface area contributed by atoms with Crippen LogP contribution in [0.15, 0.2) is 18.2 Å². The van der Waals surface area contributed by atoms with E-state index in [1.165, 1.54) is 20.0 Å². The monoisotopic (exact) mass is 243 g/mol. The Balaban J connectivity index is 3.20. The third kappa shape index (κ3) is 2.61. The molecule has 0 heterocycles. The first-order valence-corrected chi connectivity index (χ1v) is 5.27. The molecule has 3 nitrogen and oxygen atoms in total. The zero-order chi connectivity index (χ0) is 13.1. The minimum absolute atomic E-state index is 0.0554. The molecule has 0 aliphatic heterocycles. The normalized spacial score (nSPS) is 14.2. The van der Waals surface area contributed by atoms with Crippen LogP contribution in [0.2, 0.25) is 0 Å². The summed E-state index contributed by atoms with van der Waals surface area (Å²) in [5, 5.41) is 2.70. The van der Waals surface area contributed by atoms with Crippen molar-refractivity contribution in [1.29, 1.82) is 0 Å². The summed E-state index contributed by atoms with van der Waals surface area (Å²) in [7, 11) is 1.51. The van der Waals surface area contributed by atoms with Crippen molar-refractivity contribution in [3.8, 4) is 0 Å². The Bertz CT molecular complexity index is 423. The summed E-state index contributed by atoms with van der Waals surface area (Å²) >= 11 is 0. The molecular formula is C12H15F2NO2. The van der Waals surface area contributed by atoms with Gasteiger partial charge in [-0.3, -0.25) is 0 Å². The van der Waals surface area contributed by atoms with E-state index in [0.717, 1.165) is 12.1 Å². The fraction of sp³-hybridized carbons (Fsp3) is 0.417. The molecule has 0 fully saturated rings. The first-order chi connectivity index (χ1) is 7.95. The largest absolute Gasteiger partial charge is 0.464 e. The van der Waals surface area contributed by atoms with Crippen LogP contribution in [0.25, 0.3) is 0 Å². The number of hydrogen-bond donors (Lipinski definition) is 1. The van der Waals surface area contributed by atoms with Gasteiger partial charge in [-0.15, -0.1) is 0 Å². The first-order valence-electron chi connectivity index (χ1n) is 5.27. The minimum atomic E-state index is -1.33. The second kappa shape index (κ2) is 5.23. The number of nitrogens with one attached hydrogen (secondary N) is 1. The summed E-state index contributed by atoms with van der Waals surface area (Å²) in [4.78, 5) is 11.8. The van der Waals surface area contributed by atoms with Gasteiger partial charge in [0.1, 0.15) is 17.2 Å². The third-order valence-electron chi connectivity index (χ3n) is 2.65. The van der Waals surface area contributed by atoms with Gasteiger partial charge in [0.2, 0.25) is 0 Å². The van der Waals surface area contributed by atoms with Gasteiger partial charge in [0, 0.05) is 11.6 Å². The van der Waals surface area contributed by atoms with Crippen molar-refractivity contribution in [2.75, 3.05) is 13.7 Å². The smallest absolute Gasteiger partial charge is 0.330 e. The number of esters is 1. The van der Waals surface area contributed by atoms with Gasteiger partial charge in [0.05, 0.1) is 6.61 Å². The molecule has 0 bridgehead atoms. The second-order valence-corrected chi connectivity index (χ2v) is 3.72. The second-order valence-electron chi connectivity index (χ2n) is 3.72. The zero-order valence-electron chi connectivity index (χ0n) is 10.0. The van der Waals surface area contributed by atoms with Crippen LogP contribution in [0.4, 0.5) is 8.78 Å². The number of carbonyl (C=O) groups excluding carboxylic acids is 1.